The van der Waals surface area contributed by atoms with Gasteiger partial charge in [-0.25, -0.2) is 0 Å². The van der Waals surface area contributed by atoms with Gasteiger partial charge in [-0.15, -0.1) is 0 Å². The average Bonchev–Trinajstić information content (AvgIpc) is 3.42. The van der Waals surface area contributed by atoms with E-state index in [2.05, 4.69) is 70.9 Å². The van der Waals surface area contributed by atoms with E-state index in [0.717, 1.165) is 48.0 Å². The molecule has 1 unspecified atom stereocenters. The summed E-state index contributed by atoms with van der Waals surface area (Å²) < 4.78 is 6.17. The first kappa shape index (κ1) is 30.4. The predicted molar refractivity (Wildman–Crippen MR) is 171 cm³/mol. The molecule has 1 atom stereocenters. The number of fused-ring (bicyclic) bond motifs is 1. The summed E-state index contributed by atoms with van der Waals surface area (Å²) in [5.41, 5.74) is 4.07. The number of ether oxygens (including phenoxy) is 1. The molecular weight excluding hydrogens is 510 g/mol. The van der Waals surface area contributed by atoms with E-state index in [1.807, 2.05) is 60.7 Å². The molecule has 0 saturated heterocycles. The number of hydrogen-bond donors (Lipinski definition) is 2. The molecule has 7 heteroatoms. The molecule has 41 heavy (non-hydrogen) atoms. The molecule has 2 N–H and O–H groups in total. The molecule has 2 aliphatic heterocycles. The number of amides is 1. The van der Waals surface area contributed by atoms with E-state index in [4.69, 9.17) is 9.84 Å². The van der Waals surface area contributed by atoms with Crippen molar-refractivity contribution in [2.75, 3.05) is 35.0 Å². The minimum absolute atomic E-state index is 0.142. The number of anilines is 3. The lowest BCUT2D eigenvalue weighted by atomic mass is 9.84. The predicted octanol–water partition coefficient (Wildman–Crippen LogP) is 7.54. The summed E-state index contributed by atoms with van der Waals surface area (Å²) in [6.45, 7) is 19.8. The number of benzene rings is 2. The Labute approximate surface area is 246 Å². The summed E-state index contributed by atoms with van der Waals surface area (Å²) in [4.78, 5) is 15.9. The first-order chi connectivity index (χ1) is 19.4. The maximum Gasteiger partial charge on any atom is 0.280 e. The van der Waals surface area contributed by atoms with Crippen molar-refractivity contribution in [2.45, 2.75) is 68.2 Å². The molecule has 2 aliphatic rings. The Balaban J connectivity index is 1.55. The van der Waals surface area contributed by atoms with Gasteiger partial charge in [0.15, 0.2) is 5.75 Å². The van der Waals surface area contributed by atoms with Gasteiger partial charge in [-0.3, -0.25) is 15.0 Å². The Hall–Kier alpha value is -3.58. The Morgan fingerprint density at radius 3 is 2.49 bits per heavy atom. The van der Waals surface area contributed by atoms with E-state index in [1.54, 1.807) is 0 Å². The van der Waals surface area contributed by atoms with Crippen LogP contribution in [-0.2, 0) is 4.79 Å². The molecule has 0 aliphatic carbocycles. The highest BCUT2D eigenvalue weighted by Crippen LogP contribution is 2.39. The maximum absolute atomic E-state index is 13.8. The lowest BCUT2D eigenvalue weighted by Crippen LogP contribution is -2.32. The first-order valence-corrected chi connectivity index (χ1v) is 14.8. The topological polar surface area (TPSA) is 69.2 Å². The summed E-state index contributed by atoms with van der Waals surface area (Å²) >= 11 is 0. The number of allylic oxidation sites excluding steroid dienone is 2. The molecule has 0 aromatic heterocycles. The molecule has 4 rings (SSSR count). The summed E-state index contributed by atoms with van der Waals surface area (Å²) in [6.07, 6.45) is 6.02. The van der Waals surface area contributed by atoms with Crippen molar-refractivity contribution in [3.05, 3.63) is 72.1 Å². The van der Waals surface area contributed by atoms with Gasteiger partial charge >= 0.3 is 0 Å². The highest BCUT2D eigenvalue weighted by molar-refractivity contribution is 6.31. The van der Waals surface area contributed by atoms with Crippen LogP contribution < -0.4 is 25.3 Å². The van der Waals surface area contributed by atoms with E-state index in [-0.39, 0.29) is 11.3 Å². The fourth-order valence-corrected chi connectivity index (χ4v) is 5.37. The van der Waals surface area contributed by atoms with Gasteiger partial charge in [0.25, 0.3) is 5.91 Å². The minimum atomic E-state index is -0.323. The molecule has 1 amide bonds. The quantitative estimate of drug-likeness (QED) is 0.295. The SMILES string of the molecule is CCNCN1/C(=C/C=C2\C(=O)N(c3cccc(NCCC(C)CC(C)(C)C)c3)N=C2C(C)(C)C)Oc2ccccc21. The van der Waals surface area contributed by atoms with E-state index in [0.29, 0.717) is 29.5 Å². The fourth-order valence-electron chi connectivity index (χ4n) is 5.37. The molecule has 2 aromatic rings. The molecule has 2 heterocycles. The molecule has 0 fully saturated rings. The molecule has 0 bridgehead atoms. The lowest BCUT2D eigenvalue weighted by Gasteiger charge is -2.23. The molecule has 2 aromatic carbocycles. The second-order valence-electron chi connectivity index (χ2n) is 13.3. The Bertz CT molecular complexity index is 1330. The molecule has 0 saturated carbocycles. The normalized spacial score (nSPS) is 18.1. The van der Waals surface area contributed by atoms with Crippen molar-refractivity contribution < 1.29 is 9.53 Å². The number of carbonyl (C=O) groups excluding carboxylic acids is 1. The standard InChI is InChI=1S/C34H47N5O2/c1-9-35-23-38-28-15-10-11-16-29(28)41-30(38)18-17-27-31(34(6,7)8)37-39(32(27)40)26-14-12-13-25(21-26)36-20-19-24(2)22-33(3,4)5/h10-18,21,24,35-36H,9,19-20,22-23H2,1-8H3/b27-17-,30-18-. The molecule has 7 nitrogen and oxygen atoms in total. The van der Waals surface area contributed by atoms with Crippen LogP contribution in [-0.4, -0.2) is 31.4 Å². The number of carbonyl (C=O) groups is 1. The zero-order valence-corrected chi connectivity index (χ0v) is 26.0. The number of hydrazone groups is 1. The third-order valence-electron chi connectivity index (χ3n) is 7.16. The summed E-state index contributed by atoms with van der Waals surface area (Å²) in [6, 6.07) is 15.9. The van der Waals surface area contributed by atoms with Crippen LogP contribution in [0.5, 0.6) is 5.75 Å². The third-order valence-corrected chi connectivity index (χ3v) is 7.16. The number of nitrogens with one attached hydrogen (secondary N) is 2. The van der Waals surface area contributed by atoms with Gasteiger partial charge in [-0.2, -0.15) is 10.1 Å². The average molecular weight is 558 g/mol. The number of hydrogen-bond acceptors (Lipinski definition) is 6. The second-order valence-corrected chi connectivity index (χ2v) is 13.3. The monoisotopic (exact) mass is 557 g/mol. The van der Waals surface area contributed by atoms with E-state index in [1.165, 1.54) is 11.4 Å². The maximum atomic E-state index is 13.8. The van der Waals surface area contributed by atoms with Crippen molar-refractivity contribution in [3.8, 4) is 5.75 Å². The van der Waals surface area contributed by atoms with Crippen LogP contribution in [0.15, 0.2) is 77.2 Å². The number of rotatable bonds is 10. The third kappa shape index (κ3) is 7.59. The number of nitrogens with zero attached hydrogens (tertiary/aromatic N) is 3. The van der Waals surface area contributed by atoms with Gasteiger partial charge in [0.05, 0.1) is 29.3 Å². The molecule has 0 radical (unpaired) electrons. The van der Waals surface area contributed by atoms with Gasteiger partial charge < -0.3 is 10.1 Å². The van der Waals surface area contributed by atoms with Gasteiger partial charge in [0, 0.05) is 17.6 Å². The fraction of sp³-hybridized carbons (Fsp3) is 0.471. The van der Waals surface area contributed by atoms with Crippen molar-refractivity contribution in [1.29, 1.82) is 0 Å². The minimum Gasteiger partial charge on any atom is -0.439 e. The molecule has 0 spiro atoms. The van der Waals surface area contributed by atoms with Gasteiger partial charge in [-0.05, 0) is 73.2 Å². The van der Waals surface area contributed by atoms with Crippen LogP contribution in [0.1, 0.15) is 68.2 Å². The zero-order chi connectivity index (χ0) is 29.8. The summed E-state index contributed by atoms with van der Waals surface area (Å²) in [5.74, 6) is 1.97. The summed E-state index contributed by atoms with van der Waals surface area (Å²) in [5, 5.41) is 13.3. The van der Waals surface area contributed by atoms with Crippen molar-refractivity contribution in [2.24, 2.45) is 21.8 Å². The molecule has 220 valence electrons. The Morgan fingerprint density at radius 2 is 1.78 bits per heavy atom. The first-order valence-electron chi connectivity index (χ1n) is 14.8. The van der Waals surface area contributed by atoms with Crippen LogP contribution in [0, 0.1) is 16.7 Å². The zero-order valence-electron chi connectivity index (χ0n) is 26.0. The van der Waals surface area contributed by atoms with Crippen molar-refractivity contribution in [3.63, 3.8) is 0 Å². The van der Waals surface area contributed by atoms with Gasteiger partial charge in [0.1, 0.15) is 0 Å². The van der Waals surface area contributed by atoms with E-state index in [9.17, 15) is 4.79 Å². The van der Waals surface area contributed by atoms with Gasteiger partial charge in [-0.1, -0.05) is 73.6 Å². The van der Waals surface area contributed by atoms with Gasteiger partial charge in [0.2, 0.25) is 5.88 Å². The molecular formula is C34H47N5O2. The van der Waals surface area contributed by atoms with Crippen LogP contribution in [0.4, 0.5) is 17.1 Å². The lowest BCUT2D eigenvalue weighted by molar-refractivity contribution is -0.114. The van der Waals surface area contributed by atoms with Crippen LogP contribution >= 0.6 is 0 Å². The van der Waals surface area contributed by atoms with Crippen molar-refractivity contribution >= 4 is 28.7 Å². The van der Waals surface area contributed by atoms with Crippen molar-refractivity contribution in [1.82, 2.24) is 5.32 Å². The number of para-hydroxylation sites is 2. The van der Waals surface area contributed by atoms with Crippen LogP contribution in [0.2, 0.25) is 0 Å². The largest absolute Gasteiger partial charge is 0.439 e. The van der Waals surface area contributed by atoms with Crippen LogP contribution in [0.25, 0.3) is 0 Å². The Kier molecular flexibility index (Phi) is 9.27. The highest BCUT2D eigenvalue weighted by atomic mass is 16.5. The highest BCUT2D eigenvalue weighted by Gasteiger charge is 2.37. The smallest absolute Gasteiger partial charge is 0.280 e. The van der Waals surface area contributed by atoms with Crippen LogP contribution in [0.3, 0.4) is 0 Å². The summed E-state index contributed by atoms with van der Waals surface area (Å²) in [7, 11) is 0. The Morgan fingerprint density at radius 1 is 1.02 bits per heavy atom. The van der Waals surface area contributed by atoms with E-state index >= 15 is 0 Å². The second kappa shape index (κ2) is 12.5. The van der Waals surface area contributed by atoms with E-state index < -0.39 is 0 Å².